The van der Waals surface area contributed by atoms with Gasteiger partial charge < -0.3 is 20.3 Å². The molecule has 1 saturated carbocycles. The van der Waals surface area contributed by atoms with Crippen molar-refractivity contribution in [2.24, 2.45) is 11.7 Å². The minimum atomic E-state index is -0.119. The average molecular weight is 319 g/mol. The van der Waals surface area contributed by atoms with E-state index in [-0.39, 0.29) is 37.6 Å². The first kappa shape index (κ1) is 17.9. The molecule has 0 spiro atoms. The van der Waals surface area contributed by atoms with Crippen molar-refractivity contribution in [2.75, 3.05) is 13.2 Å². The first-order valence-electron chi connectivity index (χ1n) is 7.05. The van der Waals surface area contributed by atoms with Crippen LogP contribution in [0.1, 0.15) is 37.4 Å². The summed E-state index contributed by atoms with van der Waals surface area (Å²) in [5.74, 6) is 1.20. The number of nitrogens with zero attached hydrogens (tertiary/aromatic N) is 2. The molecule has 3 N–H and O–H groups in total. The SMILES string of the molecule is Cc1noc(COCC(=O)NC2CCCCC2CN)n1.Cl. The van der Waals surface area contributed by atoms with Gasteiger partial charge in [-0.1, -0.05) is 18.0 Å². The molecule has 1 heterocycles. The largest absolute Gasteiger partial charge is 0.362 e. The highest BCUT2D eigenvalue weighted by Gasteiger charge is 2.25. The number of carbonyl (C=O) groups is 1. The lowest BCUT2D eigenvalue weighted by molar-refractivity contribution is -0.127. The number of nitrogens with one attached hydrogen (secondary N) is 1. The molecule has 0 saturated heterocycles. The van der Waals surface area contributed by atoms with E-state index in [0.29, 0.717) is 24.2 Å². The Kier molecular flexibility index (Phi) is 7.63. The Bertz CT molecular complexity index is 441. The van der Waals surface area contributed by atoms with Gasteiger partial charge in [0.15, 0.2) is 5.82 Å². The molecule has 2 unspecified atom stereocenters. The Morgan fingerprint density at radius 2 is 2.24 bits per heavy atom. The van der Waals surface area contributed by atoms with Crippen LogP contribution in [0.3, 0.4) is 0 Å². The summed E-state index contributed by atoms with van der Waals surface area (Å²) in [5, 5.41) is 6.65. The summed E-state index contributed by atoms with van der Waals surface area (Å²) in [5.41, 5.74) is 5.74. The topological polar surface area (TPSA) is 103 Å². The predicted molar refractivity (Wildman–Crippen MR) is 78.9 cm³/mol. The van der Waals surface area contributed by atoms with Crippen LogP contribution in [0.4, 0.5) is 0 Å². The second kappa shape index (κ2) is 8.96. The van der Waals surface area contributed by atoms with Crippen molar-refractivity contribution in [3.05, 3.63) is 11.7 Å². The van der Waals surface area contributed by atoms with Gasteiger partial charge in [-0.25, -0.2) is 0 Å². The van der Waals surface area contributed by atoms with Gasteiger partial charge in [0.25, 0.3) is 5.89 Å². The van der Waals surface area contributed by atoms with E-state index in [0.717, 1.165) is 19.3 Å². The van der Waals surface area contributed by atoms with Gasteiger partial charge in [-0.05, 0) is 32.2 Å². The summed E-state index contributed by atoms with van der Waals surface area (Å²) in [4.78, 5) is 15.8. The van der Waals surface area contributed by atoms with Crippen LogP contribution in [-0.2, 0) is 16.1 Å². The van der Waals surface area contributed by atoms with Gasteiger partial charge in [0, 0.05) is 6.04 Å². The molecule has 120 valence electrons. The second-order valence-electron chi connectivity index (χ2n) is 5.18. The fourth-order valence-corrected chi connectivity index (χ4v) is 2.56. The number of amides is 1. The fourth-order valence-electron chi connectivity index (χ4n) is 2.56. The first-order chi connectivity index (χ1) is 9.69. The van der Waals surface area contributed by atoms with E-state index in [2.05, 4.69) is 15.5 Å². The maximum absolute atomic E-state index is 11.8. The molecule has 1 aliphatic rings. The molecule has 8 heteroatoms. The number of rotatable bonds is 6. The van der Waals surface area contributed by atoms with Gasteiger partial charge >= 0.3 is 0 Å². The average Bonchev–Trinajstić information content (AvgIpc) is 2.85. The highest BCUT2D eigenvalue weighted by atomic mass is 35.5. The Balaban J connectivity index is 0.00000220. The lowest BCUT2D eigenvalue weighted by Gasteiger charge is -2.31. The van der Waals surface area contributed by atoms with Crippen LogP contribution in [0.25, 0.3) is 0 Å². The van der Waals surface area contributed by atoms with E-state index in [9.17, 15) is 4.79 Å². The zero-order valence-corrected chi connectivity index (χ0v) is 13.0. The summed E-state index contributed by atoms with van der Waals surface area (Å²) in [6.07, 6.45) is 4.42. The zero-order chi connectivity index (χ0) is 14.4. The van der Waals surface area contributed by atoms with Crippen LogP contribution in [0.2, 0.25) is 0 Å². The van der Waals surface area contributed by atoms with Gasteiger partial charge in [-0.2, -0.15) is 4.98 Å². The summed E-state index contributed by atoms with van der Waals surface area (Å²) in [6.45, 7) is 2.50. The molecule has 0 bridgehead atoms. The van der Waals surface area contributed by atoms with Crippen LogP contribution in [-0.4, -0.2) is 35.2 Å². The van der Waals surface area contributed by atoms with Crippen LogP contribution in [0, 0.1) is 12.8 Å². The van der Waals surface area contributed by atoms with Gasteiger partial charge in [0.1, 0.15) is 13.2 Å². The standard InChI is InChI=1S/C13H22N4O3.ClH/c1-9-15-13(20-17-9)8-19-7-12(18)16-11-5-3-2-4-10(11)6-14;/h10-11H,2-8,14H2,1H3,(H,16,18);1H. The Labute approximate surface area is 130 Å². The van der Waals surface area contributed by atoms with Crippen LogP contribution in [0.5, 0.6) is 0 Å². The normalized spacial score (nSPS) is 21.6. The van der Waals surface area contributed by atoms with Crippen molar-refractivity contribution in [3.63, 3.8) is 0 Å². The third-order valence-corrected chi connectivity index (χ3v) is 3.59. The highest BCUT2D eigenvalue weighted by Crippen LogP contribution is 2.23. The van der Waals surface area contributed by atoms with Crippen molar-refractivity contribution in [1.29, 1.82) is 0 Å². The number of nitrogens with two attached hydrogens (primary N) is 1. The smallest absolute Gasteiger partial charge is 0.252 e. The molecule has 2 rings (SSSR count). The van der Waals surface area contributed by atoms with E-state index in [1.54, 1.807) is 6.92 Å². The summed E-state index contributed by atoms with van der Waals surface area (Å²) in [7, 11) is 0. The highest BCUT2D eigenvalue weighted by molar-refractivity contribution is 5.85. The van der Waals surface area contributed by atoms with Gasteiger partial charge in [-0.3, -0.25) is 4.79 Å². The molecule has 0 radical (unpaired) electrons. The van der Waals surface area contributed by atoms with Crippen molar-refractivity contribution in [2.45, 2.75) is 45.3 Å². The van der Waals surface area contributed by atoms with E-state index in [4.69, 9.17) is 15.0 Å². The monoisotopic (exact) mass is 318 g/mol. The second-order valence-corrected chi connectivity index (χ2v) is 5.18. The molecule has 21 heavy (non-hydrogen) atoms. The maximum atomic E-state index is 11.8. The van der Waals surface area contributed by atoms with Crippen molar-refractivity contribution in [1.82, 2.24) is 15.5 Å². The van der Waals surface area contributed by atoms with Crippen LogP contribution < -0.4 is 11.1 Å². The summed E-state index contributed by atoms with van der Waals surface area (Å²) in [6, 6.07) is 0.176. The van der Waals surface area contributed by atoms with E-state index < -0.39 is 0 Å². The summed E-state index contributed by atoms with van der Waals surface area (Å²) < 4.78 is 10.2. The van der Waals surface area contributed by atoms with Gasteiger partial charge in [0.05, 0.1) is 0 Å². The lowest BCUT2D eigenvalue weighted by Crippen LogP contribution is -2.45. The third-order valence-electron chi connectivity index (χ3n) is 3.59. The molecule has 7 nitrogen and oxygen atoms in total. The van der Waals surface area contributed by atoms with Crippen molar-refractivity contribution in [3.8, 4) is 0 Å². The molecular formula is C13H23ClN4O3. The van der Waals surface area contributed by atoms with Crippen molar-refractivity contribution >= 4 is 18.3 Å². The van der Waals surface area contributed by atoms with Gasteiger partial charge in [-0.15, -0.1) is 12.4 Å². The molecule has 1 aromatic rings. The molecular weight excluding hydrogens is 296 g/mol. The molecule has 1 aromatic heterocycles. The summed E-state index contributed by atoms with van der Waals surface area (Å²) >= 11 is 0. The minimum absolute atomic E-state index is 0. The van der Waals surface area contributed by atoms with Crippen LogP contribution >= 0.6 is 12.4 Å². The van der Waals surface area contributed by atoms with Gasteiger partial charge in [0.2, 0.25) is 5.91 Å². The maximum Gasteiger partial charge on any atom is 0.252 e. The molecule has 0 aromatic carbocycles. The Hall–Kier alpha value is -1.18. The number of aromatic nitrogens is 2. The Morgan fingerprint density at radius 1 is 1.48 bits per heavy atom. The van der Waals surface area contributed by atoms with Crippen LogP contribution in [0.15, 0.2) is 4.52 Å². The molecule has 0 aliphatic heterocycles. The predicted octanol–water partition coefficient (Wildman–Crippen LogP) is 0.950. The number of aryl methyl sites for hydroxylation is 1. The lowest BCUT2D eigenvalue weighted by atomic mass is 9.84. The number of hydrogen-bond donors (Lipinski definition) is 2. The quantitative estimate of drug-likeness (QED) is 0.809. The number of halogens is 1. The molecule has 1 fully saturated rings. The fraction of sp³-hybridized carbons (Fsp3) is 0.769. The zero-order valence-electron chi connectivity index (χ0n) is 12.2. The minimum Gasteiger partial charge on any atom is -0.362 e. The van der Waals surface area contributed by atoms with E-state index in [1.807, 2.05) is 0 Å². The number of carbonyl (C=O) groups excluding carboxylic acids is 1. The molecule has 2 atom stereocenters. The van der Waals surface area contributed by atoms with E-state index >= 15 is 0 Å². The number of hydrogen-bond acceptors (Lipinski definition) is 6. The molecule has 1 amide bonds. The third kappa shape index (κ3) is 5.61. The first-order valence-corrected chi connectivity index (χ1v) is 7.05. The molecule has 1 aliphatic carbocycles. The van der Waals surface area contributed by atoms with Crippen molar-refractivity contribution < 1.29 is 14.1 Å². The Morgan fingerprint density at radius 3 is 2.90 bits per heavy atom. The van der Waals surface area contributed by atoms with E-state index in [1.165, 1.54) is 6.42 Å². The number of ether oxygens (including phenoxy) is 1.